The van der Waals surface area contributed by atoms with Gasteiger partial charge in [-0.05, 0) is 43.2 Å². The smallest absolute Gasteiger partial charge is 0.255 e. The maximum Gasteiger partial charge on any atom is 0.255 e. The number of hydrogen-bond acceptors (Lipinski definition) is 5. The summed E-state index contributed by atoms with van der Waals surface area (Å²) in [7, 11) is 0. The van der Waals surface area contributed by atoms with E-state index in [2.05, 4.69) is 10.3 Å². The average molecular weight is 463 g/mol. The van der Waals surface area contributed by atoms with Crippen molar-refractivity contribution in [2.45, 2.75) is 47.0 Å². The summed E-state index contributed by atoms with van der Waals surface area (Å²) in [5.74, 6) is -0.0321. The summed E-state index contributed by atoms with van der Waals surface area (Å²) in [5.41, 5.74) is 9.38. The van der Waals surface area contributed by atoms with E-state index in [0.29, 0.717) is 47.0 Å². The zero-order chi connectivity index (χ0) is 25.1. The molecule has 0 unspecified atom stereocenters. The third-order valence-corrected chi connectivity index (χ3v) is 5.09. The molecule has 0 fully saturated rings. The molecular formula is C27H34N4O3. The van der Waals surface area contributed by atoms with Crippen LogP contribution in [-0.4, -0.2) is 41.9 Å². The van der Waals surface area contributed by atoms with Gasteiger partial charge < -0.3 is 16.0 Å². The van der Waals surface area contributed by atoms with Crippen molar-refractivity contribution in [2.75, 3.05) is 18.4 Å². The molecule has 1 aliphatic heterocycles. The minimum absolute atomic E-state index is 0.0309. The van der Waals surface area contributed by atoms with E-state index < -0.39 is 0 Å². The quantitative estimate of drug-likeness (QED) is 0.526. The first-order chi connectivity index (χ1) is 16.4. The fourth-order valence-corrected chi connectivity index (χ4v) is 3.62. The number of nitrogens with zero attached hydrogens (tertiary/aromatic N) is 2. The number of rotatable bonds is 8. The van der Waals surface area contributed by atoms with Crippen LogP contribution >= 0.6 is 0 Å². The van der Waals surface area contributed by atoms with E-state index in [-0.39, 0.29) is 18.2 Å². The van der Waals surface area contributed by atoms with E-state index in [9.17, 15) is 14.4 Å². The number of anilines is 1. The van der Waals surface area contributed by atoms with Gasteiger partial charge >= 0.3 is 0 Å². The Labute approximate surface area is 201 Å². The second-order valence-electron chi connectivity index (χ2n) is 7.71. The van der Waals surface area contributed by atoms with E-state index in [1.165, 1.54) is 0 Å². The minimum atomic E-state index is -0.328. The van der Waals surface area contributed by atoms with Crippen molar-refractivity contribution in [1.82, 2.24) is 4.90 Å². The SMILES string of the molecule is CC.CCCN(CCC)C(=O)C1=Cc2ccc(C(=O)Nc3cccc(C=O)c3)cc2N=C(N)C1. The van der Waals surface area contributed by atoms with Crippen molar-refractivity contribution in [1.29, 1.82) is 0 Å². The number of amidine groups is 1. The number of nitrogens with one attached hydrogen (secondary N) is 1. The van der Waals surface area contributed by atoms with Crippen LogP contribution in [0.25, 0.3) is 6.08 Å². The number of amides is 2. The zero-order valence-corrected chi connectivity index (χ0v) is 20.4. The Balaban J connectivity index is 0.00000199. The lowest BCUT2D eigenvalue weighted by molar-refractivity contribution is -0.127. The van der Waals surface area contributed by atoms with Crippen molar-refractivity contribution in [3.8, 4) is 0 Å². The Hall–Kier alpha value is -3.74. The number of benzene rings is 2. The fraction of sp³-hybridized carbons (Fsp3) is 0.333. The Morgan fingerprint density at radius 1 is 1.09 bits per heavy atom. The molecule has 1 heterocycles. The topological polar surface area (TPSA) is 105 Å². The average Bonchev–Trinajstić information content (AvgIpc) is 3.02. The maximum absolute atomic E-state index is 13.1. The van der Waals surface area contributed by atoms with Crippen molar-refractivity contribution < 1.29 is 14.4 Å². The largest absolute Gasteiger partial charge is 0.387 e. The van der Waals surface area contributed by atoms with E-state index in [1.54, 1.807) is 42.5 Å². The fourth-order valence-electron chi connectivity index (χ4n) is 3.62. The van der Waals surface area contributed by atoms with Gasteiger partial charge in [-0.15, -0.1) is 0 Å². The molecule has 180 valence electrons. The van der Waals surface area contributed by atoms with Crippen LogP contribution in [0, 0.1) is 0 Å². The van der Waals surface area contributed by atoms with Gasteiger partial charge in [0.15, 0.2) is 0 Å². The number of nitrogens with two attached hydrogens (primary N) is 1. The van der Waals surface area contributed by atoms with Gasteiger partial charge in [0, 0.05) is 47.5 Å². The number of aldehydes is 1. The summed E-state index contributed by atoms with van der Waals surface area (Å²) < 4.78 is 0. The predicted octanol–water partition coefficient (Wildman–Crippen LogP) is 5.20. The van der Waals surface area contributed by atoms with Gasteiger partial charge in [-0.3, -0.25) is 14.4 Å². The zero-order valence-electron chi connectivity index (χ0n) is 20.4. The summed E-state index contributed by atoms with van der Waals surface area (Å²) in [6.45, 7) is 9.48. The first-order valence-corrected chi connectivity index (χ1v) is 11.8. The molecule has 0 saturated carbocycles. The molecule has 0 atom stereocenters. The third kappa shape index (κ3) is 6.88. The van der Waals surface area contributed by atoms with E-state index in [1.807, 2.05) is 38.7 Å². The predicted molar refractivity (Wildman–Crippen MR) is 139 cm³/mol. The first-order valence-electron chi connectivity index (χ1n) is 11.8. The molecule has 0 spiro atoms. The molecule has 0 aromatic heterocycles. The molecule has 1 aliphatic rings. The van der Waals surface area contributed by atoms with Gasteiger partial charge in [-0.1, -0.05) is 45.9 Å². The number of carbonyl (C=O) groups is 3. The van der Waals surface area contributed by atoms with Gasteiger partial charge in [0.25, 0.3) is 5.91 Å². The van der Waals surface area contributed by atoms with Crippen LogP contribution in [0.1, 0.15) is 73.2 Å². The van der Waals surface area contributed by atoms with Gasteiger partial charge in [0.2, 0.25) is 5.91 Å². The molecule has 0 saturated heterocycles. The molecule has 7 nitrogen and oxygen atoms in total. The molecule has 3 N–H and O–H groups in total. The van der Waals surface area contributed by atoms with E-state index in [0.717, 1.165) is 24.7 Å². The third-order valence-electron chi connectivity index (χ3n) is 5.09. The molecule has 0 radical (unpaired) electrons. The molecule has 2 amide bonds. The van der Waals surface area contributed by atoms with Gasteiger partial charge in [0.05, 0.1) is 5.69 Å². The lowest BCUT2D eigenvalue weighted by Gasteiger charge is -2.22. The monoisotopic (exact) mass is 462 g/mol. The van der Waals surface area contributed by atoms with Crippen LogP contribution in [0.4, 0.5) is 11.4 Å². The highest BCUT2D eigenvalue weighted by atomic mass is 16.2. The normalized spacial score (nSPS) is 12.1. The number of hydrogen-bond donors (Lipinski definition) is 2. The van der Waals surface area contributed by atoms with Crippen LogP contribution in [0.15, 0.2) is 53.0 Å². The van der Waals surface area contributed by atoms with Gasteiger partial charge in [-0.25, -0.2) is 4.99 Å². The van der Waals surface area contributed by atoms with Crippen molar-refractivity contribution in [3.05, 3.63) is 64.7 Å². The summed E-state index contributed by atoms with van der Waals surface area (Å²) in [5, 5.41) is 2.78. The van der Waals surface area contributed by atoms with E-state index >= 15 is 0 Å². The highest BCUT2D eigenvalue weighted by Crippen LogP contribution is 2.29. The Bertz CT molecular complexity index is 1080. The molecule has 34 heavy (non-hydrogen) atoms. The molecular weight excluding hydrogens is 428 g/mol. The van der Waals surface area contributed by atoms with Crippen LogP contribution < -0.4 is 11.1 Å². The van der Waals surface area contributed by atoms with Crippen LogP contribution in [0.5, 0.6) is 0 Å². The summed E-state index contributed by atoms with van der Waals surface area (Å²) in [6, 6.07) is 11.8. The van der Waals surface area contributed by atoms with Crippen molar-refractivity contribution in [3.63, 3.8) is 0 Å². The van der Waals surface area contributed by atoms with Crippen LogP contribution in [0.2, 0.25) is 0 Å². The standard InChI is InChI=1S/C25H28N4O3.C2H6/c1-3-10-29(11-4-2)25(32)20-13-18-8-9-19(14-22(18)28-23(26)15-20)24(31)27-21-7-5-6-17(12-21)16-30;1-2/h5-9,12-14,16H,3-4,10-11,15H2,1-2H3,(H2,26,28)(H,27,31);1-2H3. The Morgan fingerprint density at radius 2 is 1.79 bits per heavy atom. The second-order valence-corrected chi connectivity index (χ2v) is 7.71. The van der Waals surface area contributed by atoms with Crippen molar-refractivity contribution >= 4 is 41.4 Å². The molecule has 0 bridgehead atoms. The first kappa shape index (κ1) is 26.5. The summed E-state index contributed by atoms with van der Waals surface area (Å²) in [4.78, 5) is 43.0. The Morgan fingerprint density at radius 3 is 2.44 bits per heavy atom. The summed E-state index contributed by atoms with van der Waals surface area (Å²) in [6.07, 6.45) is 4.57. The molecule has 0 aliphatic carbocycles. The minimum Gasteiger partial charge on any atom is -0.387 e. The lowest BCUT2D eigenvalue weighted by Crippen LogP contribution is -2.34. The molecule has 7 heteroatoms. The van der Waals surface area contributed by atoms with E-state index in [4.69, 9.17) is 5.73 Å². The summed E-state index contributed by atoms with van der Waals surface area (Å²) >= 11 is 0. The molecule has 3 rings (SSSR count). The maximum atomic E-state index is 13.1. The highest BCUT2D eigenvalue weighted by molar-refractivity contribution is 6.08. The molecule has 2 aromatic rings. The van der Waals surface area contributed by atoms with Gasteiger partial charge in [0.1, 0.15) is 12.1 Å². The van der Waals surface area contributed by atoms with Crippen LogP contribution in [-0.2, 0) is 4.79 Å². The lowest BCUT2D eigenvalue weighted by atomic mass is 10.0. The van der Waals surface area contributed by atoms with Crippen LogP contribution in [0.3, 0.4) is 0 Å². The van der Waals surface area contributed by atoms with Crippen molar-refractivity contribution in [2.24, 2.45) is 10.7 Å². The van der Waals surface area contributed by atoms with Gasteiger partial charge in [-0.2, -0.15) is 0 Å². The highest BCUT2D eigenvalue weighted by Gasteiger charge is 2.21. The Kier molecular flexibility index (Phi) is 10.2. The number of fused-ring (bicyclic) bond motifs is 1. The number of carbonyl (C=O) groups excluding carboxylic acids is 3. The molecule has 2 aromatic carbocycles. The number of aliphatic imine (C=N–C) groups is 1. The second kappa shape index (κ2) is 13.1.